The van der Waals surface area contributed by atoms with Crippen LogP contribution in [-0.2, 0) is 9.59 Å². The minimum Gasteiger partial charge on any atom is -0.497 e. The number of carbonyl (C=O) groups excluding carboxylic acids is 3. The molecular formula is C25H23NO5. The first-order chi connectivity index (χ1) is 15.0. The average molecular weight is 417 g/mol. The molecule has 3 aliphatic rings. The van der Waals surface area contributed by atoms with Crippen LogP contribution in [0.25, 0.3) is 0 Å². The van der Waals surface area contributed by atoms with Gasteiger partial charge in [0.2, 0.25) is 11.8 Å². The molecule has 1 saturated heterocycles. The molecule has 4 atom stereocenters. The largest absolute Gasteiger partial charge is 0.497 e. The Balaban J connectivity index is 1.31. The number of ketones is 1. The molecular weight excluding hydrogens is 394 g/mol. The van der Waals surface area contributed by atoms with Crippen LogP contribution in [-0.4, -0.2) is 31.3 Å². The second-order valence-corrected chi connectivity index (χ2v) is 8.42. The lowest BCUT2D eigenvalue weighted by Gasteiger charge is -2.19. The van der Waals surface area contributed by atoms with E-state index in [9.17, 15) is 14.4 Å². The number of imide groups is 1. The highest BCUT2D eigenvalue weighted by molar-refractivity contribution is 6.23. The number of amides is 2. The van der Waals surface area contributed by atoms with Gasteiger partial charge in [-0.2, -0.15) is 0 Å². The summed E-state index contributed by atoms with van der Waals surface area (Å²) >= 11 is 0. The monoisotopic (exact) mass is 417 g/mol. The van der Waals surface area contributed by atoms with E-state index >= 15 is 0 Å². The van der Waals surface area contributed by atoms with Gasteiger partial charge in [-0.1, -0.05) is 29.8 Å². The van der Waals surface area contributed by atoms with E-state index in [1.54, 1.807) is 55.6 Å². The summed E-state index contributed by atoms with van der Waals surface area (Å²) < 4.78 is 10.8. The molecule has 0 spiro atoms. The van der Waals surface area contributed by atoms with Crippen LogP contribution in [0.4, 0.5) is 5.69 Å². The fourth-order valence-corrected chi connectivity index (χ4v) is 5.27. The second kappa shape index (κ2) is 7.38. The van der Waals surface area contributed by atoms with Crippen molar-refractivity contribution < 1.29 is 23.9 Å². The first-order valence-electron chi connectivity index (χ1n) is 10.4. The maximum Gasteiger partial charge on any atom is 0.238 e. The molecule has 2 bridgehead atoms. The third-order valence-corrected chi connectivity index (χ3v) is 6.72. The lowest BCUT2D eigenvalue weighted by Crippen LogP contribution is -2.32. The number of rotatable bonds is 6. The SMILES string of the molecule is COc1cccc(C(=O)COc2cccc(N3C(=O)C4C5C=C(C)C(C5)C4C3=O)c2)c1. The number of carbonyl (C=O) groups is 3. The van der Waals surface area contributed by atoms with Crippen molar-refractivity contribution in [2.24, 2.45) is 23.7 Å². The Kier molecular flexibility index (Phi) is 4.65. The van der Waals surface area contributed by atoms with Crippen LogP contribution in [0.5, 0.6) is 11.5 Å². The molecule has 2 amide bonds. The predicted molar refractivity (Wildman–Crippen MR) is 114 cm³/mol. The van der Waals surface area contributed by atoms with Crippen molar-refractivity contribution in [3.63, 3.8) is 0 Å². The maximum absolute atomic E-state index is 13.1. The molecule has 2 fully saturated rings. The smallest absolute Gasteiger partial charge is 0.238 e. The maximum atomic E-state index is 13.1. The van der Waals surface area contributed by atoms with Crippen molar-refractivity contribution in [3.05, 3.63) is 65.7 Å². The average Bonchev–Trinajstić information content (AvgIpc) is 3.42. The molecule has 2 aliphatic carbocycles. The number of hydrogen-bond donors (Lipinski definition) is 0. The molecule has 0 aromatic heterocycles. The standard InChI is InChI=1S/C25H23NO5/c1-14-9-16-11-20(14)23-22(16)24(28)26(25(23)29)17-6-4-8-19(12-17)31-13-21(27)15-5-3-7-18(10-15)30-2/h3-10,12,16,20,22-23H,11,13H2,1-2H3. The van der Waals surface area contributed by atoms with E-state index in [2.05, 4.69) is 13.0 Å². The lowest BCUT2D eigenvalue weighted by molar-refractivity contribution is -0.123. The molecule has 2 aromatic rings. The van der Waals surface area contributed by atoms with E-state index in [0.29, 0.717) is 22.7 Å². The summed E-state index contributed by atoms with van der Waals surface area (Å²) in [6.07, 6.45) is 3.06. The topological polar surface area (TPSA) is 72.9 Å². The van der Waals surface area contributed by atoms with Gasteiger partial charge in [-0.25, -0.2) is 4.90 Å². The third-order valence-electron chi connectivity index (χ3n) is 6.72. The number of hydrogen-bond acceptors (Lipinski definition) is 5. The Bertz CT molecular complexity index is 1120. The van der Waals surface area contributed by atoms with Gasteiger partial charge < -0.3 is 9.47 Å². The summed E-state index contributed by atoms with van der Waals surface area (Å²) in [7, 11) is 1.55. The number of nitrogens with zero attached hydrogens (tertiary/aromatic N) is 1. The van der Waals surface area contributed by atoms with Crippen LogP contribution in [0.1, 0.15) is 23.7 Å². The van der Waals surface area contributed by atoms with Gasteiger partial charge in [-0.3, -0.25) is 14.4 Å². The van der Waals surface area contributed by atoms with Gasteiger partial charge in [-0.15, -0.1) is 0 Å². The molecule has 1 saturated carbocycles. The molecule has 0 radical (unpaired) electrons. The first-order valence-corrected chi connectivity index (χ1v) is 10.4. The van der Waals surface area contributed by atoms with E-state index in [1.165, 1.54) is 10.5 Å². The molecule has 4 unspecified atom stereocenters. The summed E-state index contributed by atoms with van der Waals surface area (Å²) in [5.41, 5.74) is 2.21. The minimum atomic E-state index is -0.250. The van der Waals surface area contributed by atoms with Crippen LogP contribution in [0.3, 0.4) is 0 Å². The minimum absolute atomic E-state index is 0.125. The van der Waals surface area contributed by atoms with E-state index in [-0.39, 0.29) is 47.9 Å². The van der Waals surface area contributed by atoms with Gasteiger partial charge in [0.1, 0.15) is 11.5 Å². The van der Waals surface area contributed by atoms with Crippen LogP contribution >= 0.6 is 0 Å². The number of fused-ring (bicyclic) bond motifs is 5. The lowest BCUT2D eigenvalue weighted by atomic mass is 9.82. The Hall–Kier alpha value is -3.41. The van der Waals surface area contributed by atoms with Gasteiger partial charge >= 0.3 is 0 Å². The third kappa shape index (κ3) is 3.14. The van der Waals surface area contributed by atoms with E-state index < -0.39 is 0 Å². The fraction of sp³-hybridized carbons (Fsp3) is 0.320. The second-order valence-electron chi connectivity index (χ2n) is 8.42. The normalized spacial score (nSPS) is 26.1. The van der Waals surface area contributed by atoms with Crippen molar-refractivity contribution >= 4 is 23.3 Å². The Morgan fingerprint density at radius 1 is 1.03 bits per heavy atom. The van der Waals surface area contributed by atoms with Gasteiger partial charge in [-0.05, 0) is 49.4 Å². The van der Waals surface area contributed by atoms with Gasteiger partial charge in [0.25, 0.3) is 0 Å². The Morgan fingerprint density at radius 2 is 1.77 bits per heavy atom. The van der Waals surface area contributed by atoms with Crippen molar-refractivity contribution in [2.45, 2.75) is 13.3 Å². The summed E-state index contributed by atoms with van der Waals surface area (Å²) in [6, 6.07) is 13.7. The van der Waals surface area contributed by atoms with E-state index in [4.69, 9.17) is 9.47 Å². The number of anilines is 1. The van der Waals surface area contributed by atoms with E-state index in [1.807, 2.05) is 0 Å². The molecule has 6 heteroatoms. The number of Topliss-reactive ketones (excluding diaryl/α,β-unsaturated/α-hetero) is 1. The highest BCUT2D eigenvalue weighted by Crippen LogP contribution is 2.55. The molecule has 0 N–H and O–H groups in total. The number of methoxy groups -OCH3 is 1. The zero-order valence-electron chi connectivity index (χ0n) is 17.4. The van der Waals surface area contributed by atoms with Gasteiger partial charge in [0.05, 0.1) is 24.6 Å². The van der Waals surface area contributed by atoms with Crippen LogP contribution in [0, 0.1) is 23.7 Å². The summed E-state index contributed by atoms with van der Waals surface area (Å²) in [5.74, 6) is 0.433. The Morgan fingerprint density at radius 3 is 2.58 bits per heavy atom. The zero-order chi connectivity index (χ0) is 21.7. The molecule has 31 heavy (non-hydrogen) atoms. The summed E-state index contributed by atoms with van der Waals surface area (Å²) in [6.45, 7) is 1.89. The van der Waals surface area contributed by atoms with Crippen LogP contribution in [0.15, 0.2) is 60.2 Å². The number of allylic oxidation sites excluding steroid dienone is 2. The first kappa shape index (κ1) is 19.5. The molecule has 2 aromatic carbocycles. The van der Waals surface area contributed by atoms with Gasteiger partial charge in [0, 0.05) is 11.6 Å². The molecule has 158 valence electrons. The molecule has 1 aliphatic heterocycles. The van der Waals surface area contributed by atoms with E-state index in [0.717, 1.165) is 6.42 Å². The summed E-state index contributed by atoms with van der Waals surface area (Å²) in [4.78, 5) is 40.0. The quantitative estimate of drug-likeness (QED) is 0.407. The van der Waals surface area contributed by atoms with Crippen molar-refractivity contribution in [3.8, 4) is 11.5 Å². The highest BCUT2D eigenvalue weighted by atomic mass is 16.5. The van der Waals surface area contributed by atoms with Crippen LogP contribution < -0.4 is 14.4 Å². The zero-order valence-corrected chi connectivity index (χ0v) is 17.4. The van der Waals surface area contributed by atoms with Crippen molar-refractivity contribution in [1.29, 1.82) is 0 Å². The van der Waals surface area contributed by atoms with Crippen molar-refractivity contribution in [1.82, 2.24) is 0 Å². The number of ether oxygens (including phenoxy) is 2. The molecule has 1 heterocycles. The Labute approximate surface area is 180 Å². The molecule has 6 nitrogen and oxygen atoms in total. The molecule has 5 rings (SSSR count). The highest BCUT2D eigenvalue weighted by Gasteiger charge is 2.60. The number of benzene rings is 2. The van der Waals surface area contributed by atoms with Gasteiger partial charge in [0.15, 0.2) is 12.4 Å². The van der Waals surface area contributed by atoms with Crippen LogP contribution in [0.2, 0.25) is 0 Å². The predicted octanol–water partition coefficient (Wildman–Crippen LogP) is 3.66. The summed E-state index contributed by atoms with van der Waals surface area (Å²) in [5, 5.41) is 0. The fourth-order valence-electron chi connectivity index (χ4n) is 5.27. The van der Waals surface area contributed by atoms with Crippen molar-refractivity contribution in [2.75, 3.05) is 18.6 Å².